The molecule has 2 bridgehead atoms. The molecular formula is C19H23NO4. The van der Waals surface area contributed by atoms with Crippen molar-refractivity contribution in [2.75, 3.05) is 27.8 Å². The van der Waals surface area contributed by atoms with Crippen LogP contribution in [0, 0.1) is 0 Å². The Morgan fingerprint density at radius 3 is 2.88 bits per heavy atom. The van der Waals surface area contributed by atoms with Crippen molar-refractivity contribution in [3.8, 4) is 11.5 Å². The molecule has 0 unspecified atom stereocenters. The Labute approximate surface area is 141 Å². The SMILES string of the molecule is COC1=CC[C@@]2(O)[C@H]3Cc4ccc(OC)c5c4[C@@]2(CCN3C)[C@H]1O5. The Morgan fingerprint density at radius 1 is 1.29 bits per heavy atom. The minimum atomic E-state index is -0.836. The van der Waals surface area contributed by atoms with Crippen molar-refractivity contribution < 1.29 is 19.3 Å². The lowest BCUT2D eigenvalue weighted by atomic mass is 9.50. The first-order chi connectivity index (χ1) is 11.6. The van der Waals surface area contributed by atoms with Gasteiger partial charge in [-0.25, -0.2) is 0 Å². The third kappa shape index (κ3) is 1.37. The van der Waals surface area contributed by atoms with E-state index in [-0.39, 0.29) is 12.1 Å². The maximum absolute atomic E-state index is 11.9. The molecule has 1 N–H and O–H groups in total. The van der Waals surface area contributed by atoms with Gasteiger partial charge in [-0.15, -0.1) is 0 Å². The summed E-state index contributed by atoms with van der Waals surface area (Å²) < 4.78 is 17.6. The molecule has 0 saturated carbocycles. The van der Waals surface area contributed by atoms with E-state index in [0.29, 0.717) is 6.42 Å². The number of hydrogen-bond acceptors (Lipinski definition) is 5. The van der Waals surface area contributed by atoms with Crippen LogP contribution in [0.3, 0.4) is 0 Å². The maximum atomic E-state index is 11.9. The molecule has 1 fully saturated rings. The van der Waals surface area contributed by atoms with Crippen LogP contribution in [0.4, 0.5) is 0 Å². The van der Waals surface area contributed by atoms with E-state index in [0.717, 1.165) is 42.2 Å². The van der Waals surface area contributed by atoms with Crippen LogP contribution in [-0.2, 0) is 16.6 Å². The molecule has 5 nitrogen and oxygen atoms in total. The Morgan fingerprint density at radius 2 is 2.12 bits per heavy atom. The second-order valence-electron chi connectivity index (χ2n) is 7.49. The Balaban J connectivity index is 1.85. The number of methoxy groups -OCH3 is 2. The number of rotatable bonds is 2. The van der Waals surface area contributed by atoms with E-state index in [1.807, 2.05) is 12.1 Å². The molecule has 1 spiro atoms. The van der Waals surface area contributed by atoms with Gasteiger partial charge in [-0.2, -0.15) is 0 Å². The first kappa shape index (κ1) is 14.6. The highest BCUT2D eigenvalue weighted by atomic mass is 16.6. The highest BCUT2D eigenvalue weighted by Gasteiger charge is 2.71. The van der Waals surface area contributed by atoms with Gasteiger partial charge in [0.25, 0.3) is 0 Å². The van der Waals surface area contributed by atoms with Gasteiger partial charge in [0.15, 0.2) is 17.6 Å². The zero-order valence-corrected chi connectivity index (χ0v) is 14.3. The van der Waals surface area contributed by atoms with Crippen LogP contribution < -0.4 is 9.47 Å². The summed E-state index contributed by atoms with van der Waals surface area (Å²) in [4.78, 5) is 2.30. The lowest BCUT2D eigenvalue weighted by Gasteiger charge is -2.61. The highest BCUT2D eigenvalue weighted by molar-refractivity contribution is 5.64. The summed E-state index contributed by atoms with van der Waals surface area (Å²) in [6, 6.07) is 4.22. The lowest BCUT2D eigenvalue weighted by molar-refractivity contribution is -0.164. The van der Waals surface area contributed by atoms with E-state index >= 15 is 0 Å². The summed E-state index contributed by atoms with van der Waals surface area (Å²) in [7, 11) is 5.47. The molecule has 2 heterocycles. The Bertz CT molecular complexity index is 760. The van der Waals surface area contributed by atoms with Crippen molar-refractivity contribution >= 4 is 0 Å². The van der Waals surface area contributed by atoms with Gasteiger partial charge in [-0.3, -0.25) is 0 Å². The van der Waals surface area contributed by atoms with Gasteiger partial charge in [-0.1, -0.05) is 6.07 Å². The number of hydrogen-bond donors (Lipinski definition) is 1. The van der Waals surface area contributed by atoms with Crippen LogP contribution in [0.25, 0.3) is 0 Å². The van der Waals surface area contributed by atoms with Crippen molar-refractivity contribution in [1.82, 2.24) is 4.90 Å². The summed E-state index contributed by atoms with van der Waals surface area (Å²) in [6.07, 6.45) is 4.03. The Hall–Kier alpha value is -1.72. The third-order valence-corrected chi connectivity index (χ3v) is 6.79. The predicted octanol–water partition coefficient (Wildman–Crippen LogP) is 1.62. The zero-order chi connectivity index (χ0) is 16.7. The second-order valence-corrected chi connectivity index (χ2v) is 7.49. The fraction of sp³-hybridized carbons (Fsp3) is 0.579. The standard InChI is InChI=1S/C19H23NO4/c1-20-9-8-18-15-11-4-5-12(22-2)16(15)24-17(18)13(23-3)6-7-19(18,21)14(20)10-11/h4-6,14,17,21H,7-10H2,1-3H3/t14-,17+,18+,19-/m1/s1. The maximum Gasteiger partial charge on any atom is 0.168 e. The van der Waals surface area contributed by atoms with Gasteiger partial charge >= 0.3 is 0 Å². The van der Waals surface area contributed by atoms with Gasteiger partial charge in [-0.05, 0) is 44.1 Å². The van der Waals surface area contributed by atoms with Gasteiger partial charge < -0.3 is 24.2 Å². The summed E-state index contributed by atoms with van der Waals surface area (Å²) in [5.41, 5.74) is 1.15. The van der Waals surface area contributed by atoms with Crippen LogP contribution in [0.1, 0.15) is 24.0 Å². The fourth-order valence-corrected chi connectivity index (χ4v) is 5.68. The van der Waals surface area contributed by atoms with Crippen molar-refractivity contribution in [3.63, 3.8) is 0 Å². The van der Waals surface area contributed by atoms with Crippen LogP contribution in [-0.4, -0.2) is 55.6 Å². The average molecular weight is 329 g/mol. The van der Waals surface area contributed by atoms with Crippen LogP contribution in [0.2, 0.25) is 0 Å². The minimum absolute atomic E-state index is 0.0962. The lowest BCUT2D eigenvalue weighted by Crippen LogP contribution is -2.74. The number of benzene rings is 1. The van der Waals surface area contributed by atoms with Crippen LogP contribution in [0.15, 0.2) is 24.0 Å². The summed E-state index contributed by atoms with van der Waals surface area (Å²) in [5.74, 6) is 2.37. The molecule has 2 aliphatic carbocycles. The molecule has 4 aliphatic rings. The van der Waals surface area contributed by atoms with E-state index in [1.54, 1.807) is 14.2 Å². The van der Waals surface area contributed by atoms with Crippen molar-refractivity contribution in [2.45, 2.75) is 42.4 Å². The summed E-state index contributed by atoms with van der Waals surface area (Å²) in [6.45, 7) is 0.944. The molecule has 1 saturated heterocycles. The van der Waals surface area contributed by atoms with E-state index < -0.39 is 11.0 Å². The molecule has 2 aliphatic heterocycles. The number of ether oxygens (including phenoxy) is 3. The first-order valence-electron chi connectivity index (χ1n) is 8.60. The molecular weight excluding hydrogens is 306 g/mol. The third-order valence-electron chi connectivity index (χ3n) is 6.79. The molecule has 1 aromatic rings. The van der Waals surface area contributed by atoms with Gasteiger partial charge in [0.1, 0.15) is 5.76 Å². The largest absolute Gasteiger partial charge is 0.497 e. The van der Waals surface area contributed by atoms with Gasteiger partial charge in [0.05, 0.1) is 25.2 Å². The van der Waals surface area contributed by atoms with Crippen molar-refractivity contribution in [3.05, 3.63) is 35.1 Å². The average Bonchev–Trinajstić information content (AvgIpc) is 2.93. The number of piperidine rings is 1. The number of nitrogens with zero attached hydrogens (tertiary/aromatic N) is 1. The normalized spacial score (nSPS) is 38.9. The molecule has 5 heteroatoms. The highest BCUT2D eigenvalue weighted by Crippen LogP contribution is 2.65. The second kappa shape index (κ2) is 4.46. The van der Waals surface area contributed by atoms with Gasteiger partial charge in [0, 0.05) is 18.0 Å². The number of aliphatic hydroxyl groups is 1. The molecule has 1 aromatic carbocycles. The number of likely N-dealkylation sites (N-methyl/N-ethyl adjacent to an activating group) is 1. The van der Waals surface area contributed by atoms with Crippen LogP contribution in [0.5, 0.6) is 11.5 Å². The predicted molar refractivity (Wildman–Crippen MR) is 88.5 cm³/mol. The molecule has 0 aromatic heterocycles. The van der Waals surface area contributed by atoms with E-state index in [4.69, 9.17) is 14.2 Å². The number of likely N-dealkylation sites (tertiary alicyclic amines) is 1. The quantitative estimate of drug-likeness (QED) is 0.894. The van der Waals surface area contributed by atoms with E-state index in [9.17, 15) is 5.11 Å². The fourth-order valence-electron chi connectivity index (χ4n) is 5.68. The summed E-state index contributed by atoms with van der Waals surface area (Å²) >= 11 is 0. The first-order valence-corrected chi connectivity index (χ1v) is 8.60. The smallest absolute Gasteiger partial charge is 0.168 e. The Kier molecular flexibility index (Phi) is 2.72. The monoisotopic (exact) mass is 329 g/mol. The molecule has 0 radical (unpaired) electrons. The molecule has 0 amide bonds. The summed E-state index contributed by atoms with van der Waals surface area (Å²) in [5, 5.41) is 11.9. The van der Waals surface area contributed by atoms with E-state index in [1.165, 1.54) is 5.56 Å². The van der Waals surface area contributed by atoms with Gasteiger partial charge in [0.2, 0.25) is 0 Å². The van der Waals surface area contributed by atoms with Crippen molar-refractivity contribution in [2.24, 2.45) is 0 Å². The van der Waals surface area contributed by atoms with Crippen molar-refractivity contribution in [1.29, 1.82) is 0 Å². The zero-order valence-electron chi connectivity index (χ0n) is 14.3. The molecule has 128 valence electrons. The minimum Gasteiger partial charge on any atom is -0.497 e. The molecule has 4 atom stereocenters. The molecule has 24 heavy (non-hydrogen) atoms. The molecule has 5 rings (SSSR count). The topological polar surface area (TPSA) is 51.2 Å². The van der Waals surface area contributed by atoms with E-state index in [2.05, 4.69) is 18.0 Å². The van der Waals surface area contributed by atoms with Crippen LogP contribution >= 0.6 is 0 Å².